The molecule has 1 aromatic carbocycles. The van der Waals surface area contributed by atoms with Crippen molar-refractivity contribution in [3.05, 3.63) is 41.7 Å². The van der Waals surface area contributed by atoms with E-state index >= 15 is 0 Å². The van der Waals surface area contributed by atoms with Gasteiger partial charge in [-0.3, -0.25) is 19.2 Å². The van der Waals surface area contributed by atoms with Gasteiger partial charge < -0.3 is 44.9 Å². The van der Waals surface area contributed by atoms with Gasteiger partial charge in [-0.25, -0.2) is 0 Å². The van der Waals surface area contributed by atoms with Crippen LogP contribution in [0.1, 0.15) is 24.5 Å². The number of aliphatic hydroxyl groups is 3. The molecular formula is C27H35N3O11. The Bertz CT molecular complexity index is 1150. The molecule has 224 valence electrons. The summed E-state index contributed by atoms with van der Waals surface area (Å²) in [7, 11) is 0. The number of ether oxygens (including phenoxy) is 4. The third-order valence-electron chi connectivity index (χ3n) is 7.84. The summed E-state index contributed by atoms with van der Waals surface area (Å²) in [5.74, 6) is -1.99. The molecule has 8 atom stereocenters. The van der Waals surface area contributed by atoms with Crippen LogP contribution in [-0.2, 0) is 44.7 Å². The van der Waals surface area contributed by atoms with Crippen LogP contribution < -0.4 is 10.6 Å². The van der Waals surface area contributed by atoms with E-state index in [9.17, 15) is 19.5 Å². The maximum absolute atomic E-state index is 14.1. The highest BCUT2D eigenvalue weighted by Gasteiger charge is 2.74. The minimum absolute atomic E-state index is 0.0531. The van der Waals surface area contributed by atoms with Crippen LogP contribution in [0.2, 0.25) is 0 Å². The van der Waals surface area contributed by atoms with Gasteiger partial charge in [-0.05, 0) is 24.1 Å². The maximum atomic E-state index is 14.1. The second-order valence-electron chi connectivity index (χ2n) is 10.4. The first-order valence-corrected chi connectivity index (χ1v) is 13.5. The summed E-state index contributed by atoms with van der Waals surface area (Å²) in [6, 6.07) is 4.87. The summed E-state index contributed by atoms with van der Waals surface area (Å²) >= 11 is 0. The van der Waals surface area contributed by atoms with Crippen molar-refractivity contribution < 1.29 is 53.5 Å². The first kappa shape index (κ1) is 29.4. The first-order chi connectivity index (χ1) is 19.8. The molecule has 5 N–H and O–H groups in total. The number of amides is 2. The first-order valence-electron chi connectivity index (χ1n) is 13.5. The van der Waals surface area contributed by atoms with Crippen LogP contribution in [0.3, 0.4) is 0 Å². The second kappa shape index (κ2) is 12.4. The van der Waals surface area contributed by atoms with Crippen molar-refractivity contribution in [3.8, 4) is 0 Å². The van der Waals surface area contributed by atoms with Gasteiger partial charge in [0.15, 0.2) is 6.04 Å². The number of hydrogen-bond donors (Lipinski definition) is 5. The minimum atomic E-state index is -1.49. The quantitative estimate of drug-likeness (QED) is 0.107. The normalized spacial score (nSPS) is 31.8. The van der Waals surface area contributed by atoms with Crippen LogP contribution in [0.25, 0.3) is 6.08 Å². The second-order valence-corrected chi connectivity index (χ2v) is 10.4. The lowest BCUT2D eigenvalue weighted by Gasteiger charge is -2.49. The lowest BCUT2D eigenvalue weighted by atomic mass is 9.62. The van der Waals surface area contributed by atoms with E-state index in [-0.39, 0.29) is 46.1 Å². The standard InChI is InChI=1S/C27H35N3O11/c1-15(33)19(24(34)28-7-8-31)29-26(36)27-12-18-20-21(39-14-38-20)23(27)41-30(22(27)25(35)40-18)13-17-4-2-16(3-5-17)6-10-37-11-9-32/h2-6,10,15,18-23,31-33H,7-9,11-14H2,1H3,(H,28,34)(H,29,36)/t15-,18+,19+,20-,21-,22-,23+,27-/m0/s1. The Balaban J connectivity index is 1.41. The average Bonchev–Trinajstić information content (AvgIpc) is 3.58. The fraction of sp³-hybridized carbons (Fsp3) is 0.593. The average molecular weight is 578 g/mol. The number of hydrogen-bond acceptors (Lipinski definition) is 12. The van der Waals surface area contributed by atoms with Crippen molar-refractivity contribution in [3.63, 3.8) is 0 Å². The van der Waals surface area contributed by atoms with E-state index in [1.807, 2.05) is 24.3 Å². The number of nitrogens with zero attached hydrogens (tertiary/aromatic N) is 1. The molecule has 0 radical (unpaired) electrons. The van der Waals surface area contributed by atoms with Crippen LogP contribution in [0.4, 0.5) is 0 Å². The summed E-state index contributed by atoms with van der Waals surface area (Å²) in [5.41, 5.74) is 0.140. The zero-order chi connectivity index (χ0) is 29.1. The highest BCUT2D eigenvalue weighted by atomic mass is 16.8. The Labute approximate surface area is 236 Å². The van der Waals surface area contributed by atoms with Gasteiger partial charge in [0.05, 0.1) is 32.1 Å². The zero-order valence-corrected chi connectivity index (χ0v) is 22.5. The summed E-state index contributed by atoms with van der Waals surface area (Å²) in [5, 5.41) is 34.7. The Kier molecular flexibility index (Phi) is 8.89. The maximum Gasteiger partial charge on any atom is 0.327 e. The number of aliphatic hydroxyl groups excluding tert-OH is 3. The molecular weight excluding hydrogens is 542 g/mol. The molecule has 14 nitrogen and oxygen atoms in total. The lowest BCUT2D eigenvalue weighted by Crippen LogP contribution is -2.71. The fourth-order valence-electron chi connectivity index (χ4n) is 5.96. The molecule has 3 heterocycles. The zero-order valence-electron chi connectivity index (χ0n) is 22.5. The van der Waals surface area contributed by atoms with Crippen LogP contribution in [0.5, 0.6) is 0 Å². The number of esters is 1. The van der Waals surface area contributed by atoms with Crippen molar-refractivity contribution >= 4 is 23.9 Å². The topological polar surface area (TPSA) is 185 Å². The minimum Gasteiger partial charge on any atom is -0.499 e. The van der Waals surface area contributed by atoms with E-state index in [0.29, 0.717) is 0 Å². The molecule has 14 heteroatoms. The van der Waals surface area contributed by atoms with Gasteiger partial charge in [-0.1, -0.05) is 24.3 Å². The molecule has 2 bridgehead atoms. The third kappa shape index (κ3) is 5.56. The van der Waals surface area contributed by atoms with Gasteiger partial charge in [-0.15, -0.1) is 0 Å². The van der Waals surface area contributed by atoms with E-state index in [1.54, 1.807) is 6.08 Å². The van der Waals surface area contributed by atoms with E-state index in [0.717, 1.165) is 11.1 Å². The number of rotatable bonds is 12. The number of carbonyl (C=O) groups excluding carboxylic acids is 3. The van der Waals surface area contributed by atoms with Crippen molar-refractivity contribution in [2.45, 2.75) is 62.5 Å². The van der Waals surface area contributed by atoms with E-state index in [4.69, 9.17) is 34.0 Å². The number of fused-ring (bicyclic) bond motifs is 4. The van der Waals surface area contributed by atoms with Crippen LogP contribution >= 0.6 is 0 Å². The van der Waals surface area contributed by atoms with Crippen molar-refractivity contribution in [2.75, 3.05) is 33.2 Å². The SMILES string of the molecule is C[C@H](O)[C@@H](NC(=O)[C@@]12C[C@H]3OC(=O)[C@@H]1N(Cc1ccc(C=COCCO)cc1)O[C@@H]2[C@H]1OCO[C@H]13)C(=O)NCCO. The molecule has 0 aromatic heterocycles. The van der Waals surface area contributed by atoms with Crippen molar-refractivity contribution in [1.29, 1.82) is 0 Å². The van der Waals surface area contributed by atoms with E-state index in [2.05, 4.69) is 10.6 Å². The summed E-state index contributed by atoms with van der Waals surface area (Å²) in [6.07, 6.45) is -0.978. The number of nitrogens with one attached hydrogen (secondary N) is 2. The molecule has 0 spiro atoms. The molecule has 4 fully saturated rings. The Morgan fingerprint density at radius 3 is 2.66 bits per heavy atom. The van der Waals surface area contributed by atoms with Gasteiger partial charge in [0, 0.05) is 13.0 Å². The number of hydroxylamine groups is 2. The molecule has 3 aliphatic heterocycles. The number of benzene rings is 1. The molecule has 1 aliphatic carbocycles. The van der Waals surface area contributed by atoms with E-state index in [1.165, 1.54) is 18.2 Å². The molecule has 41 heavy (non-hydrogen) atoms. The van der Waals surface area contributed by atoms with Gasteiger partial charge in [-0.2, -0.15) is 5.06 Å². The lowest BCUT2D eigenvalue weighted by molar-refractivity contribution is -0.201. The summed E-state index contributed by atoms with van der Waals surface area (Å²) < 4.78 is 22.4. The molecule has 0 unspecified atom stereocenters. The molecule has 1 aromatic rings. The predicted molar refractivity (Wildman–Crippen MR) is 138 cm³/mol. The van der Waals surface area contributed by atoms with Crippen LogP contribution in [0, 0.1) is 5.41 Å². The predicted octanol–water partition coefficient (Wildman–Crippen LogP) is -1.82. The Morgan fingerprint density at radius 2 is 1.95 bits per heavy atom. The summed E-state index contributed by atoms with van der Waals surface area (Å²) in [4.78, 5) is 46.6. The molecule has 5 rings (SSSR count). The van der Waals surface area contributed by atoms with Crippen molar-refractivity contribution in [1.82, 2.24) is 15.7 Å². The third-order valence-corrected chi connectivity index (χ3v) is 7.84. The van der Waals surface area contributed by atoms with Gasteiger partial charge in [0.1, 0.15) is 49.3 Å². The summed E-state index contributed by atoms with van der Waals surface area (Å²) in [6.45, 7) is 1.18. The molecule has 2 amide bonds. The molecule has 4 aliphatic rings. The van der Waals surface area contributed by atoms with Gasteiger partial charge in [0.2, 0.25) is 11.8 Å². The molecule has 3 saturated heterocycles. The monoisotopic (exact) mass is 577 g/mol. The Morgan fingerprint density at radius 1 is 1.20 bits per heavy atom. The highest BCUT2D eigenvalue weighted by molar-refractivity contribution is 5.96. The van der Waals surface area contributed by atoms with Crippen molar-refractivity contribution in [2.24, 2.45) is 5.41 Å². The number of carbonyl (C=O) groups is 3. The van der Waals surface area contributed by atoms with Gasteiger partial charge >= 0.3 is 5.97 Å². The smallest absolute Gasteiger partial charge is 0.327 e. The highest BCUT2D eigenvalue weighted by Crippen LogP contribution is 2.55. The van der Waals surface area contributed by atoms with Crippen LogP contribution in [0.15, 0.2) is 30.5 Å². The Hall–Kier alpha value is -3.11. The fourth-order valence-corrected chi connectivity index (χ4v) is 5.96. The van der Waals surface area contributed by atoms with Crippen LogP contribution in [-0.4, -0.2) is 114 Å². The molecule has 1 saturated carbocycles. The largest absolute Gasteiger partial charge is 0.499 e. The van der Waals surface area contributed by atoms with Gasteiger partial charge in [0.25, 0.3) is 0 Å². The van der Waals surface area contributed by atoms with E-state index < -0.39 is 65.8 Å².